The van der Waals surface area contributed by atoms with Gasteiger partial charge in [0.1, 0.15) is 11.6 Å². The van der Waals surface area contributed by atoms with Gasteiger partial charge in [-0.15, -0.1) is 0 Å². The Labute approximate surface area is 80.2 Å². The van der Waals surface area contributed by atoms with E-state index in [-0.39, 0.29) is 0 Å². The maximum Gasteiger partial charge on any atom is 0.108 e. The van der Waals surface area contributed by atoms with E-state index in [1.165, 1.54) is 0 Å². The largest absolute Gasteiger partial charge is 0.333 e. The molecule has 3 nitrogen and oxygen atoms in total. The second-order valence-electron chi connectivity index (χ2n) is 2.76. The van der Waals surface area contributed by atoms with Gasteiger partial charge in [-0.2, -0.15) is 5.26 Å². The van der Waals surface area contributed by atoms with Crippen LogP contribution in [0.1, 0.15) is 5.56 Å². The van der Waals surface area contributed by atoms with Crippen LogP contribution in [0.25, 0.3) is 11.0 Å². The van der Waals surface area contributed by atoms with Gasteiger partial charge in [-0.05, 0) is 12.1 Å². The first-order chi connectivity index (χ1) is 6.24. The highest BCUT2D eigenvalue weighted by atomic mass is 35.5. The molecule has 0 fully saturated rings. The normalized spacial score (nSPS) is 10.2. The summed E-state index contributed by atoms with van der Waals surface area (Å²) in [6.45, 7) is 0. The van der Waals surface area contributed by atoms with Crippen LogP contribution in [0.2, 0.25) is 5.02 Å². The first kappa shape index (κ1) is 8.09. The Kier molecular flexibility index (Phi) is 1.71. The van der Waals surface area contributed by atoms with Gasteiger partial charge in [0.15, 0.2) is 0 Å². The van der Waals surface area contributed by atoms with Crippen molar-refractivity contribution in [2.24, 2.45) is 7.05 Å². The number of aryl methyl sites for hydroxylation is 1. The van der Waals surface area contributed by atoms with Gasteiger partial charge in [-0.25, -0.2) is 4.98 Å². The lowest BCUT2D eigenvalue weighted by atomic mass is 10.2. The van der Waals surface area contributed by atoms with Gasteiger partial charge in [0.2, 0.25) is 0 Å². The van der Waals surface area contributed by atoms with Crippen LogP contribution < -0.4 is 0 Å². The van der Waals surface area contributed by atoms with Crippen LogP contribution in [0, 0.1) is 11.3 Å². The predicted molar refractivity (Wildman–Crippen MR) is 50.4 cm³/mol. The van der Waals surface area contributed by atoms with E-state index in [9.17, 15) is 0 Å². The molecule has 0 spiro atoms. The molecule has 4 heteroatoms. The molecule has 0 aliphatic rings. The summed E-state index contributed by atoms with van der Waals surface area (Å²) in [5.41, 5.74) is 2.07. The van der Waals surface area contributed by atoms with Crippen molar-refractivity contribution in [2.75, 3.05) is 0 Å². The number of nitriles is 1. The Hall–Kier alpha value is -1.53. The van der Waals surface area contributed by atoms with Crippen LogP contribution in [0.15, 0.2) is 18.5 Å². The number of rotatable bonds is 0. The van der Waals surface area contributed by atoms with E-state index in [0.717, 1.165) is 5.52 Å². The number of imidazole rings is 1. The zero-order valence-electron chi connectivity index (χ0n) is 6.95. The summed E-state index contributed by atoms with van der Waals surface area (Å²) in [4.78, 5) is 4.11. The van der Waals surface area contributed by atoms with E-state index in [2.05, 4.69) is 11.1 Å². The van der Waals surface area contributed by atoms with Crippen molar-refractivity contribution in [3.63, 3.8) is 0 Å². The number of hydrogen-bond donors (Lipinski definition) is 0. The van der Waals surface area contributed by atoms with E-state index >= 15 is 0 Å². The molecule has 2 rings (SSSR count). The number of halogens is 1. The third kappa shape index (κ3) is 1.07. The lowest BCUT2D eigenvalue weighted by Crippen LogP contribution is -1.87. The van der Waals surface area contributed by atoms with Gasteiger partial charge >= 0.3 is 0 Å². The van der Waals surface area contributed by atoms with Crippen LogP contribution in [0.3, 0.4) is 0 Å². The third-order valence-corrected chi connectivity index (χ3v) is 2.24. The smallest absolute Gasteiger partial charge is 0.108 e. The Balaban J connectivity index is 2.99. The molecule has 0 N–H and O–H groups in total. The molecule has 1 aromatic carbocycles. The second kappa shape index (κ2) is 2.75. The van der Waals surface area contributed by atoms with E-state index in [1.807, 2.05) is 7.05 Å². The Morgan fingerprint density at radius 3 is 3.00 bits per heavy atom. The van der Waals surface area contributed by atoms with E-state index in [1.54, 1.807) is 23.0 Å². The van der Waals surface area contributed by atoms with Crippen molar-refractivity contribution < 1.29 is 0 Å². The molecule has 0 radical (unpaired) electrons. The fourth-order valence-corrected chi connectivity index (χ4v) is 1.53. The third-order valence-electron chi connectivity index (χ3n) is 1.94. The average molecular weight is 192 g/mol. The number of nitrogens with zero attached hydrogens (tertiary/aromatic N) is 3. The number of aromatic nitrogens is 2. The summed E-state index contributed by atoms with van der Waals surface area (Å²) in [5, 5.41) is 9.41. The molecule has 0 aliphatic carbocycles. The van der Waals surface area contributed by atoms with Gasteiger partial charge in [0.25, 0.3) is 0 Å². The molecule has 0 saturated heterocycles. The van der Waals surface area contributed by atoms with Crippen molar-refractivity contribution in [1.82, 2.24) is 9.55 Å². The SMILES string of the molecule is Cn1cnc2c(Cl)ccc(C#N)c21. The summed E-state index contributed by atoms with van der Waals surface area (Å²) >= 11 is 5.91. The second-order valence-corrected chi connectivity index (χ2v) is 3.17. The van der Waals surface area contributed by atoms with Gasteiger partial charge in [0.05, 0.1) is 22.4 Å². The molecule has 0 saturated carbocycles. The molecule has 0 bridgehead atoms. The highest BCUT2D eigenvalue weighted by molar-refractivity contribution is 6.35. The average Bonchev–Trinajstić information content (AvgIpc) is 2.51. The maximum atomic E-state index is 8.84. The van der Waals surface area contributed by atoms with Crippen molar-refractivity contribution in [1.29, 1.82) is 5.26 Å². The minimum absolute atomic E-state index is 0.578. The van der Waals surface area contributed by atoms with Crippen molar-refractivity contribution in [3.05, 3.63) is 29.0 Å². The molecule has 64 valence electrons. The zero-order valence-corrected chi connectivity index (χ0v) is 7.71. The minimum Gasteiger partial charge on any atom is -0.333 e. The number of hydrogen-bond acceptors (Lipinski definition) is 2. The van der Waals surface area contributed by atoms with E-state index in [4.69, 9.17) is 16.9 Å². The molecule has 1 aromatic heterocycles. The topological polar surface area (TPSA) is 41.6 Å². The fourth-order valence-electron chi connectivity index (χ4n) is 1.33. The molecule has 13 heavy (non-hydrogen) atoms. The van der Waals surface area contributed by atoms with Crippen molar-refractivity contribution in [2.45, 2.75) is 0 Å². The Morgan fingerprint density at radius 2 is 2.31 bits per heavy atom. The standard InChI is InChI=1S/C9H6ClN3/c1-13-5-12-8-7(10)3-2-6(4-11)9(8)13/h2-3,5H,1H3. The fraction of sp³-hybridized carbons (Fsp3) is 0.111. The van der Waals surface area contributed by atoms with Gasteiger partial charge in [-0.3, -0.25) is 0 Å². The maximum absolute atomic E-state index is 8.84. The molecule has 2 aromatic rings. The van der Waals surface area contributed by atoms with Crippen molar-refractivity contribution in [3.8, 4) is 6.07 Å². The highest BCUT2D eigenvalue weighted by Crippen LogP contribution is 2.24. The monoisotopic (exact) mass is 191 g/mol. The minimum atomic E-state index is 0.578. The molecular formula is C9H6ClN3. The molecule has 0 aliphatic heterocycles. The van der Waals surface area contributed by atoms with Gasteiger partial charge < -0.3 is 4.57 Å². The van der Waals surface area contributed by atoms with Crippen LogP contribution in [-0.4, -0.2) is 9.55 Å². The van der Waals surface area contributed by atoms with Gasteiger partial charge in [0, 0.05) is 7.05 Å². The van der Waals surface area contributed by atoms with Crippen molar-refractivity contribution >= 4 is 22.6 Å². The molecule has 0 unspecified atom stereocenters. The lowest BCUT2D eigenvalue weighted by Gasteiger charge is -1.97. The summed E-state index contributed by atoms with van der Waals surface area (Å²) in [6.07, 6.45) is 1.65. The number of fused-ring (bicyclic) bond motifs is 1. The highest BCUT2D eigenvalue weighted by Gasteiger charge is 2.08. The van der Waals surface area contributed by atoms with Crippen LogP contribution in [-0.2, 0) is 7.05 Å². The Morgan fingerprint density at radius 1 is 1.54 bits per heavy atom. The van der Waals surface area contributed by atoms with E-state index < -0.39 is 0 Å². The molecule has 0 amide bonds. The first-order valence-electron chi connectivity index (χ1n) is 3.73. The number of benzene rings is 1. The Bertz CT molecular complexity index is 507. The zero-order chi connectivity index (χ0) is 9.42. The first-order valence-corrected chi connectivity index (χ1v) is 4.11. The summed E-state index contributed by atoms with van der Waals surface area (Å²) in [6, 6.07) is 5.50. The molecule has 0 atom stereocenters. The summed E-state index contributed by atoms with van der Waals surface area (Å²) in [7, 11) is 1.84. The van der Waals surface area contributed by atoms with Crippen LogP contribution >= 0.6 is 11.6 Å². The van der Waals surface area contributed by atoms with Gasteiger partial charge in [-0.1, -0.05) is 11.6 Å². The van der Waals surface area contributed by atoms with E-state index in [0.29, 0.717) is 16.1 Å². The van der Waals surface area contributed by atoms with Crippen LogP contribution in [0.4, 0.5) is 0 Å². The summed E-state index contributed by atoms with van der Waals surface area (Å²) < 4.78 is 1.79. The molecular weight excluding hydrogens is 186 g/mol. The lowest BCUT2D eigenvalue weighted by molar-refractivity contribution is 0.946. The predicted octanol–water partition coefficient (Wildman–Crippen LogP) is 2.10. The van der Waals surface area contributed by atoms with Crippen LogP contribution in [0.5, 0.6) is 0 Å². The quantitative estimate of drug-likeness (QED) is 0.640. The summed E-state index contributed by atoms with van der Waals surface area (Å²) in [5.74, 6) is 0. The molecule has 1 heterocycles.